The molecular weight excluding hydrogens is 352 g/mol. The Morgan fingerprint density at radius 2 is 1.82 bits per heavy atom. The van der Waals surface area contributed by atoms with E-state index in [9.17, 15) is 9.59 Å². The Hall–Kier alpha value is -2.66. The summed E-state index contributed by atoms with van der Waals surface area (Å²) in [4.78, 5) is 25.9. The highest BCUT2D eigenvalue weighted by Crippen LogP contribution is 2.31. The van der Waals surface area contributed by atoms with Gasteiger partial charge in [0.2, 0.25) is 5.91 Å². The second-order valence-corrected chi connectivity index (χ2v) is 8.16. The molecule has 2 aromatic rings. The number of benzene rings is 2. The van der Waals surface area contributed by atoms with Gasteiger partial charge >= 0.3 is 5.97 Å². The van der Waals surface area contributed by atoms with Crippen LogP contribution in [0.25, 0.3) is 0 Å². The molecule has 0 saturated heterocycles. The summed E-state index contributed by atoms with van der Waals surface area (Å²) < 4.78 is 0. The van der Waals surface area contributed by atoms with E-state index in [1.807, 2.05) is 6.92 Å². The number of carbonyl (C=O) groups is 2. The number of carbonyl (C=O) groups excluding carboxylic acids is 1. The first-order valence-electron chi connectivity index (χ1n) is 9.70. The fourth-order valence-corrected chi connectivity index (χ4v) is 3.93. The number of hydrogen-bond donors (Lipinski definition) is 2. The number of aromatic carboxylic acids is 1. The van der Waals surface area contributed by atoms with Crippen molar-refractivity contribution >= 4 is 11.9 Å². The zero-order valence-corrected chi connectivity index (χ0v) is 16.7. The van der Waals surface area contributed by atoms with Gasteiger partial charge in [-0.3, -0.25) is 9.69 Å². The smallest absolute Gasteiger partial charge is 0.335 e. The molecule has 1 aliphatic rings. The second-order valence-electron chi connectivity index (χ2n) is 8.16. The van der Waals surface area contributed by atoms with Crippen LogP contribution in [-0.2, 0) is 23.2 Å². The lowest BCUT2D eigenvalue weighted by molar-refractivity contribution is -0.126. The monoisotopic (exact) mass is 380 g/mol. The van der Waals surface area contributed by atoms with Crippen LogP contribution in [0.1, 0.15) is 47.8 Å². The Balaban J connectivity index is 1.62. The highest BCUT2D eigenvalue weighted by molar-refractivity contribution is 5.87. The van der Waals surface area contributed by atoms with E-state index < -0.39 is 5.97 Å². The van der Waals surface area contributed by atoms with Crippen LogP contribution in [0.15, 0.2) is 48.5 Å². The highest BCUT2D eigenvalue weighted by atomic mass is 16.4. The molecule has 1 atom stereocenters. The number of carboxylic acid groups (broad SMARTS) is 1. The van der Waals surface area contributed by atoms with E-state index in [0.29, 0.717) is 6.54 Å². The Bertz CT molecular complexity index is 858. The lowest BCUT2D eigenvalue weighted by Crippen LogP contribution is -2.48. The molecule has 0 aliphatic carbocycles. The third-order valence-corrected chi connectivity index (χ3v) is 5.61. The SMILES string of the molecule is CC(C(=O)NCc1ccc(C(=O)O)cc1)N1CCc2ccccc2C(C)(C)C1. The summed E-state index contributed by atoms with van der Waals surface area (Å²) in [5, 5.41) is 12.0. The summed E-state index contributed by atoms with van der Waals surface area (Å²) in [7, 11) is 0. The van der Waals surface area contributed by atoms with Crippen LogP contribution in [0.4, 0.5) is 0 Å². The van der Waals surface area contributed by atoms with E-state index in [0.717, 1.165) is 25.1 Å². The van der Waals surface area contributed by atoms with Crippen molar-refractivity contribution in [3.8, 4) is 0 Å². The first kappa shape index (κ1) is 20.1. The third kappa shape index (κ3) is 4.42. The van der Waals surface area contributed by atoms with Crippen molar-refractivity contribution in [2.24, 2.45) is 0 Å². The van der Waals surface area contributed by atoms with Crippen LogP contribution in [-0.4, -0.2) is 41.0 Å². The predicted octanol–water partition coefficient (Wildman–Crippen LogP) is 3.23. The Morgan fingerprint density at radius 1 is 1.14 bits per heavy atom. The van der Waals surface area contributed by atoms with Gasteiger partial charge in [-0.25, -0.2) is 4.79 Å². The molecule has 148 valence electrons. The number of nitrogens with one attached hydrogen (secondary N) is 1. The van der Waals surface area contributed by atoms with Crippen molar-refractivity contribution in [3.05, 3.63) is 70.8 Å². The molecule has 1 heterocycles. The molecule has 0 saturated carbocycles. The molecule has 3 rings (SSSR count). The minimum Gasteiger partial charge on any atom is -0.478 e. The first-order valence-corrected chi connectivity index (χ1v) is 9.70. The van der Waals surface area contributed by atoms with E-state index in [-0.39, 0.29) is 22.9 Å². The molecule has 2 N–H and O–H groups in total. The lowest BCUT2D eigenvalue weighted by atomic mass is 9.82. The second kappa shape index (κ2) is 8.15. The molecule has 0 bridgehead atoms. The fourth-order valence-electron chi connectivity index (χ4n) is 3.93. The quantitative estimate of drug-likeness (QED) is 0.836. The van der Waals surface area contributed by atoms with Crippen LogP contribution >= 0.6 is 0 Å². The minimum atomic E-state index is -0.950. The van der Waals surface area contributed by atoms with Gasteiger partial charge in [-0.2, -0.15) is 0 Å². The topological polar surface area (TPSA) is 69.6 Å². The molecule has 1 amide bonds. The maximum Gasteiger partial charge on any atom is 0.335 e. The summed E-state index contributed by atoms with van der Waals surface area (Å²) in [6.45, 7) is 8.49. The number of fused-ring (bicyclic) bond motifs is 1. The summed E-state index contributed by atoms with van der Waals surface area (Å²) in [6, 6.07) is 14.9. The molecule has 0 fully saturated rings. The van der Waals surface area contributed by atoms with Crippen molar-refractivity contribution in [3.63, 3.8) is 0 Å². The van der Waals surface area contributed by atoms with Crippen LogP contribution in [0, 0.1) is 0 Å². The predicted molar refractivity (Wildman–Crippen MR) is 109 cm³/mol. The zero-order chi connectivity index (χ0) is 20.3. The molecule has 1 unspecified atom stereocenters. The van der Waals surface area contributed by atoms with E-state index in [1.165, 1.54) is 11.1 Å². The Labute approximate surface area is 166 Å². The van der Waals surface area contributed by atoms with Gasteiger partial charge < -0.3 is 10.4 Å². The maximum atomic E-state index is 12.7. The van der Waals surface area contributed by atoms with Crippen molar-refractivity contribution in [1.29, 1.82) is 0 Å². The third-order valence-electron chi connectivity index (χ3n) is 5.61. The average molecular weight is 380 g/mol. The van der Waals surface area contributed by atoms with Gasteiger partial charge in [0.15, 0.2) is 0 Å². The maximum absolute atomic E-state index is 12.7. The minimum absolute atomic E-state index is 0.0101. The first-order chi connectivity index (χ1) is 13.3. The lowest BCUT2D eigenvalue weighted by Gasteiger charge is -2.34. The summed E-state index contributed by atoms with van der Waals surface area (Å²) >= 11 is 0. The molecule has 5 nitrogen and oxygen atoms in total. The van der Waals surface area contributed by atoms with Crippen molar-refractivity contribution in [2.75, 3.05) is 13.1 Å². The van der Waals surface area contributed by atoms with Gasteiger partial charge in [0.05, 0.1) is 11.6 Å². The molecule has 28 heavy (non-hydrogen) atoms. The molecule has 0 aromatic heterocycles. The molecule has 0 spiro atoms. The largest absolute Gasteiger partial charge is 0.478 e. The standard InChI is InChI=1S/C23H28N2O3/c1-16(21(26)24-14-17-8-10-19(11-9-17)22(27)28)25-13-12-18-6-4-5-7-20(18)23(2,3)15-25/h4-11,16H,12-15H2,1-3H3,(H,24,26)(H,27,28). The summed E-state index contributed by atoms with van der Waals surface area (Å²) in [6.07, 6.45) is 0.938. The van der Waals surface area contributed by atoms with E-state index >= 15 is 0 Å². The van der Waals surface area contributed by atoms with E-state index in [4.69, 9.17) is 5.11 Å². The molecule has 5 heteroatoms. The van der Waals surface area contributed by atoms with Gasteiger partial charge in [-0.05, 0) is 42.2 Å². The van der Waals surface area contributed by atoms with Crippen LogP contribution in [0.3, 0.4) is 0 Å². The molecule has 0 radical (unpaired) electrons. The average Bonchev–Trinajstić information content (AvgIpc) is 2.82. The van der Waals surface area contributed by atoms with Gasteiger partial charge in [0.25, 0.3) is 0 Å². The summed E-state index contributed by atoms with van der Waals surface area (Å²) in [5.74, 6) is -0.960. The molecule has 1 aliphatic heterocycles. The van der Waals surface area contributed by atoms with Crippen LogP contribution in [0.2, 0.25) is 0 Å². The van der Waals surface area contributed by atoms with Crippen molar-refractivity contribution in [1.82, 2.24) is 10.2 Å². The van der Waals surface area contributed by atoms with E-state index in [2.05, 4.69) is 48.3 Å². The van der Waals surface area contributed by atoms with Gasteiger partial charge in [0.1, 0.15) is 0 Å². The zero-order valence-electron chi connectivity index (χ0n) is 16.7. The number of carboxylic acids is 1. The van der Waals surface area contributed by atoms with Gasteiger partial charge in [-0.15, -0.1) is 0 Å². The molecular formula is C23H28N2O3. The van der Waals surface area contributed by atoms with Gasteiger partial charge in [-0.1, -0.05) is 50.2 Å². The van der Waals surface area contributed by atoms with Crippen molar-refractivity contribution < 1.29 is 14.7 Å². The number of amides is 1. The normalized spacial score (nSPS) is 17.2. The van der Waals surface area contributed by atoms with Gasteiger partial charge in [0, 0.05) is 25.0 Å². The Morgan fingerprint density at radius 3 is 2.50 bits per heavy atom. The highest BCUT2D eigenvalue weighted by Gasteiger charge is 2.33. The fraction of sp³-hybridized carbons (Fsp3) is 0.391. The van der Waals surface area contributed by atoms with E-state index in [1.54, 1.807) is 24.3 Å². The number of nitrogens with zero attached hydrogens (tertiary/aromatic N) is 1. The van der Waals surface area contributed by atoms with Crippen LogP contribution in [0.5, 0.6) is 0 Å². The number of hydrogen-bond acceptors (Lipinski definition) is 3. The number of rotatable bonds is 5. The van der Waals surface area contributed by atoms with Crippen LogP contribution < -0.4 is 5.32 Å². The molecule has 2 aromatic carbocycles. The Kier molecular flexibility index (Phi) is 5.84. The van der Waals surface area contributed by atoms with Crippen molar-refractivity contribution in [2.45, 2.75) is 45.2 Å². The summed E-state index contributed by atoms with van der Waals surface area (Å²) in [5.41, 5.74) is 3.84.